The molecule has 0 aliphatic carbocycles. The van der Waals surface area contributed by atoms with Gasteiger partial charge in [-0.3, -0.25) is 0 Å². The molecule has 0 bridgehead atoms. The Hall–Kier alpha value is -1.14. The minimum Gasteiger partial charge on any atom is -0.386 e. The van der Waals surface area contributed by atoms with Gasteiger partial charge in [-0.1, -0.05) is 6.92 Å². The lowest BCUT2D eigenvalue weighted by atomic mass is 9.97. The summed E-state index contributed by atoms with van der Waals surface area (Å²) in [6.45, 7) is 4.63. The van der Waals surface area contributed by atoms with Crippen molar-refractivity contribution < 1.29 is 8.42 Å². The number of aromatic nitrogens is 1. The van der Waals surface area contributed by atoms with Gasteiger partial charge in [0.25, 0.3) is 10.0 Å². The van der Waals surface area contributed by atoms with Gasteiger partial charge in [0.2, 0.25) is 0 Å². The molecule has 1 aliphatic heterocycles. The molecular formula is C13H21N3O2S. The highest BCUT2D eigenvalue weighted by molar-refractivity contribution is 7.89. The highest BCUT2D eigenvalue weighted by atomic mass is 32.2. The van der Waals surface area contributed by atoms with Gasteiger partial charge in [0.15, 0.2) is 5.03 Å². The molecule has 0 saturated carbocycles. The van der Waals surface area contributed by atoms with Crippen molar-refractivity contribution in [2.24, 2.45) is 5.92 Å². The average molecular weight is 283 g/mol. The summed E-state index contributed by atoms with van der Waals surface area (Å²) in [5.41, 5.74) is 0.549. The Balaban J connectivity index is 2.41. The fourth-order valence-corrected chi connectivity index (χ4v) is 4.37. The summed E-state index contributed by atoms with van der Waals surface area (Å²) in [5.74, 6) is 0.396. The van der Waals surface area contributed by atoms with Gasteiger partial charge in [0.1, 0.15) is 0 Å². The van der Waals surface area contributed by atoms with Crippen LogP contribution in [0.15, 0.2) is 23.4 Å². The molecule has 2 unspecified atom stereocenters. The third-order valence-corrected chi connectivity index (χ3v) is 5.59. The van der Waals surface area contributed by atoms with Crippen LogP contribution in [0.4, 0.5) is 5.69 Å². The minimum atomic E-state index is -3.53. The molecule has 0 spiro atoms. The van der Waals surface area contributed by atoms with Gasteiger partial charge < -0.3 is 5.32 Å². The van der Waals surface area contributed by atoms with E-state index < -0.39 is 10.0 Å². The molecule has 1 aromatic heterocycles. The van der Waals surface area contributed by atoms with Gasteiger partial charge in [-0.25, -0.2) is 13.4 Å². The molecule has 1 saturated heterocycles. The molecule has 6 heteroatoms. The third-order valence-electron chi connectivity index (χ3n) is 3.65. The lowest BCUT2D eigenvalue weighted by Gasteiger charge is -2.35. The lowest BCUT2D eigenvalue weighted by Crippen LogP contribution is -2.45. The van der Waals surface area contributed by atoms with Gasteiger partial charge in [-0.15, -0.1) is 0 Å². The van der Waals surface area contributed by atoms with E-state index in [9.17, 15) is 8.42 Å². The maximum absolute atomic E-state index is 12.7. The van der Waals surface area contributed by atoms with E-state index in [1.807, 2.05) is 6.92 Å². The number of hydrogen-bond donors (Lipinski definition) is 1. The number of hydrogen-bond acceptors (Lipinski definition) is 4. The average Bonchev–Trinajstić information content (AvgIpc) is 2.41. The Morgan fingerprint density at radius 3 is 2.79 bits per heavy atom. The molecule has 1 fully saturated rings. The number of piperidine rings is 1. The van der Waals surface area contributed by atoms with Gasteiger partial charge in [-0.2, -0.15) is 4.31 Å². The van der Waals surface area contributed by atoms with Crippen LogP contribution in [-0.4, -0.2) is 37.3 Å². The van der Waals surface area contributed by atoms with Crippen molar-refractivity contribution in [3.05, 3.63) is 18.3 Å². The Bertz CT molecular complexity index is 545. The first-order chi connectivity index (χ1) is 8.96. The minimum absolute atomic E-state index is 0.0351. The van der Waals surface area contributed by atoms with E-state index in [4.69, 9.17) is 0 Å². The normalized spacial score (nSPS) is 25.2. The van der Waals surface area contributed by atoms with Crippen molar-refractivity contribution in [1.29, 1.82) is 0 Å². The zero-order valence-corrected chi connectivity index (χ0v) is 12.4. The smallest absolute Gasteiger partial charge is 0.262 e. The summed E-state index contributed by atoms with van der Waals surface area (Å²) < 4.78 is 27.1. The summed E-state index contributed by atoms with van der Waals surface area (Å²) in [6.07, 6.45) is 3.50. The summed E-state index contributed by atoms with van der Waals surface area (Å²) in [6, 6.07) is 3.50. The van der Waals surface area contributed by atoms with Crippen LogP contribution in [0.25, 0.3) is 0 Å². The van der Waals surface area contributed by atoms with E-state index in [1.165, 1.54) is 6.20 Å². The Labute approximate surface area is 115 Å². The number of anilines is 1. The van der Waals surface area contributed by atoms with Gasteiger partial charge in [-0.05, 0) is 37.8 Å². The molecule has 5 nitrogen and oxygen atoms in total. The summed E-state index contributed by atoms with van der Waals surface area (Å²) in [4.78, 5) is 4.06. The quantitative estimate of drug-likeness (QED) is 0.920. The Morgan fingerprint density at radius 2 is 2.11 bits per heavy atom. The molecule has 1 aromatic rings. The number of rotatable bonds is 3. The van der Waals surface area contributed by atoms with Crippen LogP contribution in [-0.2, 0) is 10.0 Å². The topological polar surface area (TPSA) is 62.3 Å². The van der Waals surface area contributed by atoms with Gasteiger partial charge in [0, 0.05) is 25.8 Å². The first-order valence-corrected chi connectivity index (χ1v) is 8.05. The van der Waals surface area contributed by atoms with Crippen molar-refractivity contribution in [2.75, 3.05) is 18.9 Å². The standard InChI is InChI=1S/C13H21N3O2S/c1-10-6-7-11(2)16(9-10)19(17,18)13-12(14-3)5-4-8-15-13/h4-5,8,10-11,14H,6-7,9H2,1-3H3. The predicted molar refractivity (Wildman–Crippen MR) is 75.5 cm³/mol. The summed E-state index contributed by atoms with van der Waals surface area (Å²) in [7, 11) is -1.82. The highest BCUT2D eigenvalue weighted by Gasteiger charge is 2.35. The van der Waals surface area contributed by atoms with E-state index in [2.05, 4.69) is 17.2 Å². The first kappa shape index (κ1) is 14.3. The van der Waals surface area contributed by atoms with Crippen molar-refractivity contribution in [3.8, 4) is 0 Å². The molecule has 19 heavy (non-hydrogen) atoms. The molecule has 106 valence electrons. The Kier molecular flexibility index (Phi) is 4.10. The molecule has 1 N–H and O–H groups in total. The highest BCUT2D eigenvalue weighted by Crippen LogP contribution is 2.29. The molecule has 0 aromatic carbocycles. The van der Waals surface area contributed by atoms with E-state index in [-0.39, 0.29) is 11.1 Å². The van der Waals surface area contributed by atoms with E-state index >= 15 is 0 Å². The van der Waals surface area contributed by atoms with Crippen LogP contribution >= 0.6 is 0 Å². The Morgan fingerprint density at radius 1 is 1.37 bits per heavy atom. The lowest BCUT2D eigenvalue weighted by molar-refractivity contribution is 0.217. The molecule has 2 atom stereocenters. The number of nitrogens with one attached hydrogen (secondary N) is 1. The number of sulfonamides is 1. The fraction of sp³-hybridized carbons (Fsp3) is 0.615. The van der Waals surface area contributed by atoms with Gasteiger partial charge >= 0.3 is 0 Å². The van der Waals surface area contributed by atoms with Crippen LogP contribution in [0, 0.1) is 5.92 Å². The first-order valence-electron chi connectivity index (χ1n) is 6.61. The van der Waals surface area contributed by atoms with Crippen LogP contribution in [0.5, 0.6) is 0 Å². The monoisotopic (exact) mass is 283 g/mol. The van der Waals surface area contributed by atoms with Crippen molar-refractivity contribution >= 4 is 15.7 Å². The van der Waals surface area contributed by atoms with Crippen LogP contribution in [0.3, 0.4) is 0 Å². The van der Waals surface area contributed by atoms with E-state index in [0.29, 0.717) is 18.2 Å². The zero-order valence-electron chi connectivity index (χ0n) is 11.6. The van der Waals surface area contributed by atoms with Crippen LogP contribution < -0.4 is 5.32 Å². The SMILES string of the molecule is CNc1cccnc1S(=O)(=O)N1CC(C)CCC1C. The molecular weight excluding hydrogens is 262 g/mol. The second kappa shape index (κ2) is 5.46. The maximum Gasteiger partial charge on any atom is 0.262 e. The second-order valence-corrected chi connectivity index (χ2v) is 7.02. The van der Waals surface area contributed by atoms with Crippen molar-refractivity contribution in [3.63, 3.8) is 0 Å². The van der Waals surface area contributed by atoms with E-state index in [1.54, 1.807) is 23.5 Å². The van der Waals surface area contributed by atoms with E-state index in [0.717, 1.165) is 12.8 Å². The molecule has 0 amide bonds. The van der Waals surface area contributed by atoms with Crippen molar-refractivity contribution in [1.82, 2.24) is 9.29 Å². The molecule has 2 heterocycles. The maximum atomic E-state index is 12.7. The fourth-order valence-electron chi connectivity index (χ4n) is 2.48. The third kappa shape index (κ3) is 2.74. The molecule has 2 rings (SSSR count). The predicted octanol–water partition coefficient (Wildman–Crippen LogP) is 1.93. The number of nitrogens with zero attached hydrogens (tertiary/aromatic N) is 2. The zero-order chi connectivity index (χ0) is 14.0. The summed E-state index contributed by atoms with van der Waals surface area (Å²) >= 11 is 0. The van der Waals surface area contributed by atoms with Crippen LogP contribution in [0.2, 0.25) is 0 Å². The summed E-state index contributed by atoms with van der Waals surface area (Å²) in [5, 5.41) is 3.02. The van der Waals surface area contributed by atoms with Crippen LogP contribution in [0.1, 0.15) is 26.7 Å². The number of pyridine rings is 1. The largest absolute Gasteiger partial charge is 0.386 e. The van der Waals surface area contributed by atoms with Gasteiger partial charge in [0.05, 0.1) is 5.69 Å². The van der Waals surface area contributed by atoms with Crippen molar-refractivity contribution in [2.45, 2.75) is 37.8 Å². The second-order valence-electron chi connectivity index (χ2n) is 5.21. The molecule has 0 radical (unpaired) electrons. The molecule has 1 aliphatic rings.